The second kappa shape index (κ2) is 9.05. The second-order valence-electron chi connectivity index (χ2n) is 9.42. The van der Waals surface area contributed by atoms with Crippen molar-refractivity contribution in [2.45, 2.75) is 6.17 Å². The van der Waals surface area contributed by atoms with Crippen LogP contribution >= 0.6 is 0 Å². The summed E-state index contributed by atoms with van der Waals surface area (Å²) in [5, 5.41) is 4.83. The van der Waals surface area contributed by atoms with E-state index < -0.39 is 0 Å². The Bertz CT molecular complexity index is 1720. The number of fused-ring (bicyclic) bond motifs is 3. The summed E-state index contributed by atoms with van der Waals surface area (Å²) in [5.41, 5.74) is 9.33. The number of hydrogen-bond donors (Lipinski definition) is 1. The molecule has 3 nitrogen and oxygen atoms in total. The van der Waals surface area contributed by atoms with Crippen LogP contribution in [0.4, 0.5) is 0 Å². The smallest absolute Gasteiger partial charge is 0.211 e. The van der Waals surface area contributed by atoms with Crippen LogP contribution in [0, 0.1) is 0 Å². The van der Waals surface area contributed by atoms with Crippen molar-refractivity contribution in [2.24, 2.45) is 4.99 Å². The highest BCUT2D eigenvalue weighted by atomic mass is 15.1. The Labute approximate surface area is 216 Å². The Morgan fingerprint density at radius 1 is 0.541 bits per heavy atom. The van der Waals surface area contributed by atoms with Crippen molar-refractivity contribution in [1.82, 2.24) is 4.57 Å². The van der Waals surface area contributed by atoms with Crippen LogP contribution in [0.3, 0.4) is 0 Å². The number of nitrogens with two attached hydrogens (primary N) is 1. The maximum atomic E-state index is 5.17. The van der Waals surface area contributed by atoms with Crippen LogP contribution in [0.15, 0.2) is 145 Å². The van der Waals surface area contributed by atoms with E-state index in [0.717, 1.165) is 17.0 Å². The van der Waals surface area contributed by atoms with Gasteiger partial charge in [-0.25, -0.2) is 4.99 Å². The molecule has 3 heteroatoms. The van der Waals surface area contributed by atoms with E-state index >= 15 is 0 Å². The molecule has 7 rings (SSSR count). The molecule has 0 amide bonds. The van der Waals surface area contributed by atoms with Gasteiger partial charge in [0.05, 0.1) is 16.7 Å². The molecule has 0 saturated carbocycles. The van der Waals surface area contributed by atoms with Crippen molar-refractivity contribution < 1.29 is 5.32 Å². The predicted molar refractivity (Wildman–Crippen MR) is 153 cm³/mol. The van der Waals surface area contributed by atoms with Gasteiger partial charge in [0.25, 0.3) is 0 Å². The Morgan fingerprint density at radius 2 is 1.08 bits per heavy atom. The van der Waals surface area contributed by atoms with Crippen LogP contribution in [-0.2, 0) is 0 Å². The minimum atomic E-state index is -0.0531. The molecule has 1 atom stereocenters. The minimum absolute atomic E-state index is 0.0531. The van der Waals surface area contributed by atoms with Crippen molar-refractivity contribution >= 4 is 33.2 Å². The quantitative estimate of drug-likeness (QED) is 0.287. The zero-order valence-corrected chi connectivity index (χ0v) is 20.3. The van der Waals surface area contributed by atoms with Gasteiger partial charge >= 0.3 is 0 Å². The number of nitrogens with zero attached hydrogens (tertiary/aromatic N) is 2. The summed E-state index contributed by atoms with van der Waals surface area (Å²) >= 11 is 0. The molecule has 2 heterocycles. The molecule has 1 aliphatic rings. The predicted octanol–water partition coefficient (Wildman–Crippen LogP) is 6.89. The van der Waals surface area contributed by atoms with Crippen molar-refractivity contribution in [3.63, 3.8) is 0 Å². The summed E-state index contributed by atoms with van der Waals surface area (Å²) in [5.74, 6) is 0. The largest absolute Gasteiger partial charge is 0.309 e. The van der Waals surface area contributed by atoms with Crippen LogP contribution in [0.5, 0.6) is 0 Å². The van der Waals surface area contributed by atoms with Gasteiger partial charge in [0.2, 0.25) is 6.17 Å². The number of aromatic nitrogens is 1. The van der Waals surface area contributed by atoms with Crippen molar-refractivity contribution in [1.29, 1.82) is 0 Å². The third-order valence-electron chi connectivity index (χ3n) is 7.16. The monoisotopic (exact) mass is 476 g/mol. The molecule has 0 aliphatic carbocycles. The molecule has 2 N–H and O–H groups in total. The van der Waals surface area contributed by atoms with Gasteiger partial charge < -0.3 is 4.57 Å². The Kier molecular flexibility index (Phi) is 5.27. The molecule has 0 fully saturated rings. The Hall–Kier alpha value is -4.73. The molecule has 1 unspecified atom stereocenters. The van der Waals surface area contributed by atoms with E-state index in [2.05, 4.69) is 143 Å². The molecule has 5 aromatic carbocycles. The number of para-hydroxylation sites is 2. The SMILES string of the molecule is C1=C(c2ccccc2)[NH2+]C(c2ccc(-n3c4ccccc4c4ccccc43)cc2)N=C1c1ccccc1. The van der Waals surface area contributed by atoms with E-state index in [9.17, 15) is 0 Å². The summed E-state index contributed by atoms with van der Waals surface area (Å²) in [7, 11) is 0. The number of benzene rings is 5. The molecule has 0 radical (unpaired) electrons. The lowest BCUT2D eigenvalue weighted by molar-refractivity contribution is -0.609. The highest BCUT2D eigenvalue weighted by Crippen LogP contribution is 2.32. The van der Waals surface area contributed by atoms with E-state index in [1.807, 2.05) is 6.07 Å². The molecule has 0 bridgehead atoms. The summed E-state index contributed by atoms with van der Waals surface area (Å²) in [6, 6.07) is 47.2. The summed E-state index contributed by atoms with van der Waals surface area (Å²) in [6.07, 6.45) is 2.15. The number of allylic oxidation sites excluding steroid dienone is 1. The molecule has 0 spiro atoms. The standard InChI is InChI=1S/C34H25N3/c1-3-11-24(12-4-1)30-23-31(25-13-5-2-6-14-25)36-34(35-30)26-19-21-27(22-20-26)37-32-17-9-7-15-28(32)29-16-8-10-18-33(29)37/h1-23,34-35H/p+1. The molecule has 37 heavy (non-hydrogen) atoms. The molecular formula is C34H26N3+. The molecule has 1 aromatic heterocycles. The highest BCUT2D eigenvalue weighted by Gasteiger charge is 2.24. The van der Waals surface area contributed by atoms with Crippen LogP contribution in [0.2, 0.25) is 0 Å². The zero-order chi connectivity index (χ0) is 24.6. The fourth-order valence-electron chi connectivity index (χ4n) is 5.36. The lowest BCUT2D eigenvalue weighted by atomic mass is 10.0. The highest BCUT2D eigenvalue weighted by molar-refractivity contribution is 6.12. The number of rotatable bonds is 4. The zero-order valence-electron chi connectivity index (χ0n) is 20.3. The van der Waals surface area contributed by atoms with Gasteiger partial charge in [-0.3, -0.25) is 5.32 Å². The van der Waals surface area contributed by atoms with E-state index in [0.29, 0.717) is 0 Å². The molecule has 6 aromatic rings. The van der Waals surface area contributed by atoms with Crippen LogP contribution in [0.25, 0.3) is 33.2 Å². The molecule has 176 valence electrons. The van der Waals surface area contributed by atoms with Gasteiger partial charge in [-0.05, 0) is 48.5 Å². The molecular weight excluding hydrogens is 450 g/mol. The van der Waals surface area contributed by atoms with E-state index in [4.69, 9.17) is 4.99 Å². The average molecular weight is 477 g/mol. The van der Waals surface area contributed by atoms with Gasteiger partial charge in [0.1, 0.15) is 5.70 Å². The van der Waals surface area contributed by atoms with Gasteiger partial charge in [0.15, 0.2) is 0 Å². The summed E-state index contributed by atoms with van der Waals surface area (Å²) < 4.78 is 2.35. The lowest BCUT2D eigenvalue weighted by Gasteiger charge is -2.20. The van der Waals surface area contributed by atoms with Crippen molar-refractivity contribution in [2.75, 3.05) is 0 Å². The lowest BCUT2D eigenvalue weighted by Crippen LogP contribution is -2.82. The third kappa shape index (κ3) is 3.86. The van der Waals surface area contributed by atoms with Crippen LogP contribution in [0.1, 0.15) is 22.9 Å². The van der Waals surface area contributed by atoms with Gasteiger partial charge in [-0.15, -0.1) is 0 Å². The maximum absolute atomic E-state index is 5.17. The number of hydrogen-bond acceptors (Lipinski definition) is 1. The van der Waals surface area contributed by atoms with Crippen LogP contribution < -0.4 is 5.32 Å². The van der Waals surface area contributed by atoms with Crippen molar-refractivity contribution in [3.8, 4) is 5.69 Å². The third-order valence-corrected chi connectivity index (χ3v) is 7.16. The second-order valence-corrected chi connectivity index (χ2v) is 9.42. The molecule has 0 saturated heterocycles. The van der Waals surface area contributed by atoms with E-state index in [1.165, 1.54) is 38.6 Å². The van der Waals surface area contributed by atoms with Gasteiger partial charge in [-0.2, -0.15) is 0 Å². The summed E-state index contributed by atoms with van der Waals surface area (Å²) in [6.45, 7) is 0. The number of aliphatic imine (C=N–C) groups is 1. The fourth-order valence-corrected chi connectivity index (χ4v) is 5.36. The van der Waals surface area contributed by atoms with Gasteiger partial charge in [-0.1, -0.05) is 84.9 Å². The van der Waals surface area contributed by atoms with Crippen LogP contribution in [-0.4, -0.2) is 10.3 Å². The minimum Gasteiger partial charge on any atom is -0.309 e. The van der Waals surface area contributed by atoms with Gasteiger partial charge in [0, 0.05) is 39.2 Å². The van der Waals surface area contributed by atoms with E-state index in [-0.39, 0.29) is 6.17 Å². The first kappa shape index (κ1) is 21.5. The maximum Gasteiger partial charge on any atom is 0.211 e. The first-order valence-corrected chi connectivity index (χ1v) is 12.7. The average Bonchev–Trinajstić information content (AvgIpc) is 3.32. The molecule has 1 aliphatic heterocycles. The summed E-state index contributed by atoms with van der Waals surface area (Å²) in [4.78, 5) is 5.17. The normalized spacial score (nSPS) is 15.5. The van der Waals surface area contributed by atoms with E-state index in [1.54, 1.807) is 0 Å². The Balaban J connectivity index is 1.30. The van der Waals surface area contributed by atoms with Crippen molar-refractivity contribution in [3.05, 3.63) is 156 Å². The fraction of sp³-hybridized carbons (Fsp3) is 0.0294. The topological polar surface area (TPSA) is 33.9 Å². The number of quaternary nitrogens is 1. The Morgan fingerprint density at radius 3 is 1.70 bits per heavy atom. The first-order valence-electron chi connectivity index (χ1n) is 12.7. The first-order chi connectivity index (χ1) is 18.3.